The lowest BCUT2D eigenvalue weighted by Gasteiger charge is -2.56. The van der Waals surface area contributed by atoms with Crippen molar-refractivity contribution in [2.75, 3.05) is 27.6 Å². The smallest absolute Gasteiger partial charge is 0.309 e. The molecular formula is C27H43NO7. The molecule has 0 bridgehead atoms. The van der Waals surface area contributed by atoms with Gasteiger partial charge in [0.15, 0.2) is 0 Å². The number of hydrogen-bond acceptors (Lipinski definition) is 8. The molecule has 6 unspecified atom stereocenters. The van der Waals surface area contributed by atoms with Gasteiger partial charge in [-0.15, -0.1) is 0 Å². The molecule has 6 fully saturated rings. The number of esters is 1. The molecule has 8 nitrogen and oxygen atoms in total. The second kappa shape index (κ2) is 10.2. The minimum Gasteiger partial charge on any atom is -0.465 e. The molecule has 2 saturated heterocycles. The lowest BCUT2D eigenvalue weighted by atomic mass is 9.51. The van der Waals surface area contributed by atoms with Crippen LogP contribution in [0.25, 0.3) is 0 Å². The van der Waals surface area contributed by atoms with Crippen molar-refractivity contribution in [2.24, 2.45) is 35.5 Å². The van der Waals surface area contributed by atoms with Gasteiger partial charge < -0.3 is 34.1 Å². The summed E-state index contributed by atoms with van der Waals surface area (Å²) < 4.78 is 29.3. The van der Waals surface area contributed by atoms with Gasteiger partial charge in [-0.05, 0) is 62.2 Å². The molecule has 6 aliphatic rings. The predicted octanol–water partition coefficient (Wildman–Crippen LogP) is 2.26. The molecule has 0 aromatic rings. The molecule has 2 N–H and O–H groups in total. The average molecular weight is 494 g/mol. The van der Waals surface area contributed by atoms with Crippen LogP contribution >= 0.6 is 0 Å². The van der Waals surface area contributed by atoms with Crippen LogP contribution in [0.5, 0.6) is 0 Å². The Labute approximate surface area is 208 Å². The fourth-order valence-electron chi connectivity index (χ4n) is 8.94. The first kappa shape index (κ1) is 24.6. The summed E-state index contributed by atoms with van der Waals surface area (Å²) in [6, 6.07) is 0.799. The fourth-order valence-corrected chi connectivity index (χ4v) is 8.94. The van der Waals surface area contributed by atoms with Crippen LogP contribution in [0.4, 0.5) is 0 Å². The summed E-state index contributed by atoms with van der Waals surface area (Å²) in [5.74, 6) is 1.21. The van der Waals surface area contributed by atoms with Gasteiger partial charge in [-0.1, -0.05) is 19.3 Å². The topological polar surface area (TPSA) is 95.5 Å². The predicted molar refractivity (Wildman–Crippen MR) is 126 cm³/mol. The molecule has 0 spiro atoms. The van der Waals surface area contributed by atoms with Crippen LogP contribution in [0.2, 0.25) is 0 Å². The Kier molecular flexibility index (Phi) is 7.14. The molecule has 2 aliphatic heterocycles. The number of aliphatic hydroxyl groups is 1. The summed E-state index contributed by atoms with van der Waals surface area (Å²) in [5, 5.41) is 14.9. The van der Waals surface area contributed by atoms with Crippen LogP contribution < -0.4 is 5.32 Å². The summed E-state index contributed by atoms with van der Waals surface area (Å²) in [6.45, 7) is 0.887. The van der Waals surface area contributed by atoms with Gasteiger partial charge in [0, 0.05) is 32.2 Å². The molecule has 10 atom stereocenters. The molecule has 35 heavy (non-hydrogen) atoms. The highest BCUT2D eigenvalue weighted by Gasteiger charge is 2.62. The molecule has 4 aliphatic carbocycles. The Morgan fingerprint density at radius 2 is 1.54 bits per heavy atom. The second-order valence-corrected chi connectivity index (χ2v) is 12.0. The standard InChI is InChI=1S/C27H43NO7/c1-31-21-8-14(9-22(32-2)26(21)29)23-16-10-19-20(35-13-34-19)11-17(16)25(18-12-33-27(30)24(18)23)28-15-6-4-3-5-7-15/h14-26,28-29H,3-13H2,1-2H3/t14?,16?,17?,18-,19?,20?,21?,22?,23+,24-,25+,26?/m0/s1. The van der Waals surface area contributed by atoms with E-state index in [1.165, 1.54) is 32.1 Å². The Hall–Kier alpha value is -0.770. The molecule has 6 rings (SSSR count). The highest BCUT2D eigenvalue weighted by molar-refractivity contribution is 5.75. The van der Waals surface area contributed by atoms with E-state index in [1.807, 2.05) is 0 Å². The third kappa shape index (κ3) is 4.36. The largest absolute Gasteiger partial charge is 0.465 e. The van der Waals surface area contributed by atoms with Crippen molar-refractivity contribution in [3.05, 3.63) is 0 Å². The van der Waals surface area contributed by atoms with E-state index < -0.39 is 6.10 Å². The molecular weight excluding hydrogens is 450 g/mol. The Balaban J connectivity index is 1.33. The quantitative estimate of drug-likeness (QED) is 0.564. The molecule has 0 amide bonds. The molecule has 198 valence electrons. The molecule has 0 radical (unpaired) electrons. The SMILES string of the molecule is COC1CC([C@@H]2C3CC4OCOC4CC3[C@@H](NC3CCCCC3)[C@H]3COC(=O)[C@H]23)CC(OC)C1O. The number of nitrogens with one attached hydrogen (secondary N) is 1. The summed E-state index contributed by atoms with van der Waals surface area (Å²) >= 11 is 0. The maximum absolute atomic E-state index is 13.4. The summed E-state index contributed by atoms with van der Waals surface area (Å²) in [5.41, 5.74) is 0. The third-order valence-electron chi connectivity index (χ3n) is 10.5. The molecule has 4 saturated carbocycles. The number of fused-ring (bicyclic) bond motifs is 3. The normalized spacial score (nSPS) is 50.3. The first-order valence-corrected chi connectivity index (χ1v) is 14.0. The van der Waals surface area contributed by atoms with E-state index in [9.17, 15) is 9.90 Å². The van der Waals surface area contributed by atoms with Crippen molar-refractivity contribution in [2.45, 2.75) is 100 Å². The van der Waals surface area contributed by atoms with Gasteiger partial charge in [0.1, 0.15) is 12.9 Å². The number of methoxy groups -OCH3 is 2. The van der Waals surface area contributed by atoms with Gasteiger partial charge in [0.25, 0.3) is 0 Å². The van der Waals surface area contributed by atoms with E-state index in [4.69, 9.17) is 23.7 Å². The first-order valence-electron chi connectivity index (χ1n) is 14.0. The zero-order valence-electron chi connectivity index (χ0n) is 21.2. The van der Waals surface area contributed by atoms with Gasteiger partial charge in [0.05, 0.1) is 36.9 Å². The van der Waals surface area contributed by atoms with Crippen molar-refractivity contribution in [3.63, 3.8) is 0 Å². The number of ether oxygens (including phenoxy) is 5. The van der Waals surface area contributed by atoms with Gasteiger partial charge in [-0.3, -0.25) is 4.79 Å². The monoisotopic (exact) mass is 493 g/mol. The van der Waals surface area contributed by atoms with Gasteiger partial charge in [-0.2, -0.15) is 0 Å². The van der Waals surface area contributed by atoms with Gasteiger partial charge in [0.2, 0.25) is 0 Å². The highest BCUT2D eigenvalue weighted by atomic mass is 16.7. The highest BCUT2D eigenvalue weighted by Crippen LogP contribution is 2.57. The van der Waals surface area contributed by atoms with Crippen LogP contribution in [-0.2, 0) is 28.5 Å². The minimum absolute atomic E-state index is 0.0336. The third-order valence-corrected chi connectivity index (χ3v) is 10.5. The number of carbonyl (C=O) groups is 1. The lowest BCUT2D eigenvalue weighted by Crippen LogP contribution is -2.63. The molecule has 0 aromatic heterocycles. The van der Waals surface area contributed by atoms with Crippen molar-refractivity contribution in [1.29, 1.82) is 0 Å². The van der Waals surface area contributed by atoms with Crippen LogP contribution in [0, 0.1) is 35.5 Å². The number of hydrogen-bond donors (Lipinski definition) is 2. The second-order valence-electron chi connectivity index (χ2n) is 12.0. The Morgan fingerprint density at radius 1 is 0.886 bits per heavy atom. The number of cyclic esters (lactones) is 1. The zero-order chi connectivity index (χ0) is 24.1. The van der Waals surface area contributed by atoms with Crippen molar-refractivity contribution in [3.8, 4) is 0 Å². The van der Waals surface area contributed by atoms with E-state index in [0.717, 1.165) is 25.7 Å². The maximum Gasteiger partial charge on any atom is 0.309 e. The average Bonchev–Trinajstić information content (AvgIpc) is 3.50. The van der Waals surface area contributed by atoms with Gasteiger partial charge >= 0.3 is 5.97 Å². The van der Waals surface area contributed by atoms with E-state index >= 15 is 0 Å². The van der Waals surface area contributed by atoms with Crippen molar-refractivity contribution < 1.29 is 33.6 Å². The van der Waals surface area contributed by atoms with E-state index in [-0.39, 0.29) is 60.1 Å². The Morgan fingerprint density at radius 3 is 2.20 bits per heavy atom. The van der Waals surface area contributed by atoms with Crippen molar-refractivity contribution >= 4 is 5.97 Å². The maximum atomic E-state index is 13.4. The number of aliphatic hydroxyl groups excluding tert-OH is 1. The van der Waals surface area contributed by atoms with Crippen molar-refractivity contribution in [1.82, 2.24) is 5.32 Å². The van der Waals surface area contributed by atoms with Crippen LogP contribution in [0.15, 0.2) is 0 Å². The fraction of sp³-hybridized carbons (Fsp3) is 0.963. The summed E-state index contributed by atoms with van der Waals surface area (Å²) in [6.07, 6.45) is 8.77. The van der Waals surface area contributed by atoms with E-state index in [1.54, 1.807) is 14.2 Å². The van der Waals surface area contributed by atoms with E-state index in [0.29, 0.717) is 31.3 Å². The molecule has 0 aromatic carbocycles. The Bertz CT molecular complexity index is 746. The van der Waals surface area contributed by atoms with Crippen LogP contribution in [0.3, 0.4) is 0 Å². The number of carbonyl (C=O) groups excluding carboxylic acids is 1. The summed E-state index contributed by atoms with van der Waals surface area (Å²) in [7, 11) is 3.33. The number of rotatable bonds is 5. The minimum atomic E-state index is -0.644. The van der Waals surface area contributed by atoms with Crippen LogP contribution in [-0.4, -0.2) is 81.3 Å². The molecule has 2 heterocycles. The molecule has 8 heteroatoms. The summed E-state index contributed by atoms with van der Waals surface area (Å²) in [4.78, 5) is 13.4. The first-order chi connectivity index (χ1) is 17.1. The van der Waals surface area contributed by atoms with E-state index in [2.05, 4.69) is 5.32 Å². The van der Waals surface area contributed by atoms with Gasteiger partial charge in [-0.25, -0.2) is 0 Å². The zero-order valence-corrected chi connectivity index (χ0v) is 21.2. The van der Waals surface area contributed by atoms with Crippen LogP contribution in [0.1, 0.15) is 57.8 Å². The lowest BCUT2D eigenvalue weighted by molar-refractivity contribution is -0.162.